The first-order chi connectivity index (χ1) is 21.8. The lowest BCUT2D eigenvalue weighted by atomic mass is 10.1. The number of fused-ring (bicyclic) bond motifs is 6. The van der Waals surface area contributed by atoms with Gasteiger partial charge in [-0.2, -0.15) is 0 Å². The van der Waals surface area contributed by atoms with Crippen LogP contribution in [-0.4, -0.2) is 9.13 Å². The van der Waals surface area contributed by atoms with E-state index in [9.17, 15) is 4.11 Å². The van der Waals surface area contributed by atoms with Crippen LogP contribution in [0.25, 0.3) is 66.1 Å². The molecule has 0 bridgehead atoms. The van der Waals surface area contributed by atoms with Crippen molar-refractivity contribution in [3.05, 3.63) is 145 Å². The van der Waals surface area contributed by atoms with Gasteiger partial charge < -0.3 is 9.13 Å². The summed E-state index contributed by atoms with van der Waals surface area (Å²) in [5.41, 5.74) is 4.52. The Morgan fingerprint density at radius 3 is 1.84 bits per heavy atom. The predicted octanol–water partition coefficient (Wildman–Crippen LogP) is 9.55. The average Bonchev–Trinajstić information content (AvgIpc) is 3.61. The monoisotopic (exact) mass is 491 g/mol. The van der Waals surface area contributed by atoms with Crippen LogP contribution in [-0.2, 0) is 0 Å². The van der Waals surface area contributed by atoms with Crippen LogP contribution in [0.1, 0.15) is 9.60 Å². The summed E-state index contributed by atoms with van der Waals surface area (Å²) in [4.78, 5) is 0. The van der Waals surface area contributed by atoms with Gasteiger partial charge in [0.05, 0.1) is 31.7 Å². The molecule has 6 aromatic carbocycles. The molecular formula is C36H24N2. The number of hydrogen-bond donors (Lipinski definition) is 0. The van der Waals surface area contributed by atoms with Crippen LogP contribution in [0.3, 0.4) is 0 Å². The van der Waals surface area contributed by atoms with Gasteiger partial charge in [0, 0.05) is 32.9 Å². The molecule has 0 fully saturated rings. The SMILES string of the molecule is [2H]c1c([2H])c([2H])c2c(c1[2H])c1c([2H])c(-n3c4ccccc4c4ccccc43)c([2H])c([2H])c1n2-c1cccc(-c2ccccc2)c1. The van der Waals surface area contributed by atoms with Gasteiger partial charge in [0.1, 0.15) is 0 Å². The normalized spacial score (nSPS) is 14.3. The smallest absolute Gasteiger partial charge is 0.0652 e. The van der Waals surface area contributed by atoms with Crippen LogP contribution in [0, 0.1) is 0 Å². The van der Waals surface area contributed by atoms with Gasteiger partial charge in [0.25, 0.3) is 0 Å². The maximum Gasteiger partial charge on any atom is 0.0652 e. The molecule has 0 amide bonds. The second kappa shape index (κ2) is 8.22. The molecule has 0 saturated heterocycles. The standard InChI is InChI=1S/C36H24N2/c1-2-11-25(12-3-1)26-13-10-14-27(23-26)37-35-20-9-6-17-31(35)32-24-28(21-22-36(32)37)38-33-18-7-4-15-29(33)30-16-5-8-19-34(30)38/h1-24H/i6D,9D,17D,20D,21D,22D,24D. The van der Waals surface area contributed by atoms with E-state index in [1.807, 2.05) is 108 Å². The van der Waals surface area contributed by atoms with Crippen LogP contribution in [0.4, 0.5) is 0 Å². The molecule has 2 heterocycles. The second-order valence-electron chi connectivity index (χ2n) is 9.29. The minimum atomic E-state index is -0.413. The Morgan fingerprint density at radius 1 is 0.421 bits per heavy atom. The van der Waals surface area contributed by atoms with Crippen molar-refractivity contribution in [1.29, 1.82) is 0 Å². The summed E-state index contributed by atoms with van der Waals surface area (Å²) in [7, 11) is 0. The molecule has 0 aliphatic carbocycles. The molecule has 0 aliphatic heterocycles. The van der Waals surface area contributed by atoms with Crippen molar-refractivity contribution in [2.45, 2.75) is 0 Å². The quantitative estimate of drug-likeness (QED) is 0.233. The molecule has 2 heteroatoms. The van der Waals surface area contributed by atoms with Crippen LogP contribution in [0.5, 0.6) is 0 Å². The Balaban J connectivity index is 1.57. The van der Waals surface area contributed by atoms with E-state index >= 15 is 0 Å². The van der Waals surface area contributed by atoms with Gasteiger partial charge in [0.15, 0.2) is 0 Å². The van der Waals surface area contributed by atoms with E-state index in [0.717, 1.165) is 32.9 Å². The maximum absolute atomic E-state index is 9.64. The predicted molar refractivity (Wildman–Crippen MR) is 161 cm³/mol. The molecule has 0 saturated carbocycles. The van der Waals surface area contributed by atoms with E-state index in [1.54, 1.807) is 4.57 Å². The first-order valence-electron chi connectivity index (χ1n) is 16.0. The second-order valence-corrected chi connectivity index (χ2v) is 9.29. The molecule has 0 unspecified atom stereocenters. The average molecular weight is 492 g/mol. The van der Waals surface area contributed by atoms with Gasteiger partial charge in [-0.15, -0.1) is 0 Å². The summed E-state index contributed by atoms with van der Waals surface area (Å²) in [5, 5.41) is 2.25. The molecular weight excluding hydrogens is 460 g/mol. The maximum atomic E-state index is 9.64. The summed E-state index contributed by atoms with van der Waals surface area (Å²) in [5.74, 6) is 0. The molecule has 8 aromatic rings. The molecule has 0 N–H and O–H groups in total. The summed E-state index contributed by atoms with van der Waals surface area (Å²) in [6.45, 7) is 0. The lowest BCUT2D eigenvalue weighted by Crippen LogP contribution is -1.96. The van der Waals surface area contributed by atoms with E-state index in [-0.39, 0.29) is 57.7 Å². The van der Waals surface area contributed by atoms with Gasteiger partial charge in [-0.25, -0.2) is 0 Å². The van der Waals surface area contributed by atoms with Crippen LogP contribution in [0.15, 0.2) is 145 Å². The Bertz CT molecular complexity index is 2460. The highest BCUT2D eigenvalue weighted by molar-refractivity contribution is 6.12. The first-order valence-corrected chi connectivity index (χ1v) is 12.5. The number of aromatic nitrogens is 2. The molecule has 178 valence electrons. The van der Waals surface area contributed by atoms with Crippen molar-refractivity contribution in [3.63, 3.8) is 0 Å². The largest absolute Gasteiger partial charge is 0.309 e. The van der Waals surface area contributed by atoms with Crippen LogP contribution in [0.2, 0.25) is 0 Å². The zero-order valence-electron chi connectivity index (χ0n) is 27.2. The number of benzene rings is 6. The minimum absolute atomic E-state index is 0.0782. The molecule has 38 heavy (non-hydrogen) atoms. The number of nitrogens with zero attached hydrogens (tertiary/aromatic N) is 2. The topological polar surface area (TPSA) is 9.86 Å². The first kappa shape index (κ1) is 15.2. The summed E-state index contributed by atoms with van der Waals surface area (Å²) < 4.78 is 66.9. The molecule has 8 rings (SSSR count). The summed E-state index contributed by atoms with van der Waals surface area (Å²) in [6.07, 6.45) is 0. The lowest BCUT2D eigenvalue weighted by Gasteiger charge is -2.11. The van der Waals surface area contributed by atoms with Gasteiger partial charge in [-0.05, 0) is 59.6 Å². The zero-order chi connectivity index (χ0) is 31.1. The van der Waals surface area contributed by atoms with Gasteiger partial charge in [-0.1, -0.05) is 97.0 Å². The molecule has 0 atom stereocenters. The molecule has 0 radical (unpaired) electrons. The minimum Gasteiger partial charge on any atom is -0.309 e. The zero-order valence-corrected chi connectivity index (χ0v) is 20.2. The van der Waals surface area contributed by atoms with Crippen molar-refractivity contribution < 1.29 is 9.60 Å². The Kier molecular flexibility index (Phi) is 3.30. The fourth-order valence-electron chi connectivity index (χ4n) is 5.49. The van der Waals surface area contributed by atoms with E-state index in [0.29, 0.717) is 5.69 Å². The third kappa shape index (κ3) is 3.07. The highest BCUT2D eigenvalue weighted by Crippen LogP contribution is 2.37. The fourth-order valence-corrected chi connectivity index (χ4v) is 5.49. The van der Waals surface area contributed by atoms with Crippen molar-refractivity contribution in [1.82, 2.24) is 9.13 Å². The number of rotatable bonds is 3. The van der Waals surface area contributed by atoms with Crippen molar-refractivity contribution in [2.24, 2.45) is 0 Å². The Morgan fingerprint density at radius 2 is 1.05 bits per heavy atom. The van der Waals surface area contributed by atoms with E-state index in [4.69, 9.17) is 5.48 Å². The summed E-state index contributed by atoms with van der Waals surface area (Å²) in [6, 6.07) is 31.0. The van der Waals surface area contributed by atoms with Crippen LogP contribution < -0.4 is 0 Å². The van der Waals surface area contributed by atoms with Gasteiger partial charge in [0.2, 0.25) is 0 Å². The van der Waals surface area contributed by atoms with Gasteiger partial charge in [-0.3, -0.25) is 0 Å². The Labute approximate surface area is 230 Å². The van der Waals surface area contributed by atoms with E-state index < -0.39 is 12.1 Å². The highest BCUT2D eigenvalue weighted by Gasteiger charge is 2.16. The van der Waals surface area contributed by atoms with Crippen LogP contribution >= 0.6 is 0 Å². The van der Waals surface area contributed by atoms with Crippen molar-refractivity contribution >= 4 is 43.6 Å². The molecule has 0 aliphatic rings. The van der Waals surface area contributed by atoms with E-state index in [1.165, 1.54) is 0 Å². The fraction of sp³-hybridized carbons (Fsp3) is 0. The molecule has 0 spiro atoms. The number of para-hydroxylation sites is 3. The van der Waals surface area contributed by atoms with Gasteiger partial charge >= 0.3 is 0 Å². The molecule has 2 nitrogen and oxygen atoms in total. The number of hydrogen-bond acceptors (Lipinski definition) is 0. The summed E-state index contributed by atoms with van der Waals surface area (Å²) >= 11 is 0. The lowest BCUT2D eigenvalue weighted by molar-refractivity contribution is 1.17. The van der Waals surface area contributed by atoms with Crippen molar-refractivity contribution in [2.75, 3.05) is 0 Å². The Hall–Kier alpha value is -5.08. The molecule has 2 aromatic heterocycles. The third-order valence-electron chi connectivity index (χ3n) is 7.16. The highest BCUT2D eigenvalue weighted by atomic mass is 15.0. The van der Waals surface area contributed by atoms with Crippen molar-refractivity contribution in [3.8, 4) is 22.5 Å². The third-order valence-corrected chi connectivity index (χ3v) is 7.16. The van der Waals surface area contributed by atoms with E-state index in [2.05, 4.69) is 0 Å².